The van der Waals surface area contributed by atoms with Gasteiger partial charge in [0, 0.05) is 5.56 Å². The molecule has 14 heavy (non-hydrogen) atoms. The highest BCUT2D eigenvalue weighted by atomic mass is 32.2. The summed E-state index contributed by atoms with van der Waals surface area (Å²) in [6, 6.07) is 2.55. The minimum atomic E-state index is -4.57. The first kappa shape index (κ1) is 11.0. The zero-order valence-electron chi connectivity index (χ0n) is 6.75. The molecule has 0 aliphatic heterocycles. The van der Waals surface area contributed by atoms with Gasteiger partial charge in [0.05, 0.1) is 0 Å². The largest absolute Gasteiger partial charge is 0.246 e. The highest BCUT2D eigenvalue weighted by Gasteiger charge is 2.26. The molecule has 0 amide bonds. The predicted molar refractivity (Wildman–Crippen MR) is 43.3 cm³/mol. The Morgan fingerprint density at radius 3 is 2.36 bits per heavy atom. The lowest BCUT2D eigenvalue weighted by atomic mass is 10.2. The molecule has 1 aromatic carbocycles. The fourth-order valence-corrected chi connectivity index (χ4v) is 1.41. The highest BCUT2D eigenvalue weighted by molar-refractivity contribution is 7.89. The summed E-state index contributed by atoms with van der Waals surface area (Å²) >= 11 is 0. The first-order valence-corrected chi connectivity index (χ1v) is 5.04. The molecule has 0 saturated heterocycles. The van der Waals surface area contributed by atoms with Gasteiger partial charge in [0.15, 0.2) is 11.6 Å². The molecule has 0 radical (unpaired) electrons. The summed E-state index contributed by atoms with van der Waals surface area (Å²) in [5.41, 5.74) is -3.68. The summed E-state index contributed by atoms with van der Waals surface area (Å²) in [7, 11) is -4.57. The maximum Gasteiger partial charge on any atom is 0.246 e. The summed E-state index contributed by atoms with van der Waals surface area (Å²) < 4.78 is 59.4. The first-order valence-electron chi connectivity index (χ1n) is 3.43. The highest BCUT2D eigenvalue weighted by Crippen LogP contribution is 2.25. The van der Waals surface area contributed by atoms with E-state index in [9.17, 15) is 21.6 Å². The second-order valence-electron chi connectivity index (χ2n) is 2.55. The van der Waals surface area contributed by atoms with Crippen LogP contribution in [-0.2, 0) is 10.0 Å². The van der Waals surface area contributed by atoms with Crippen LogP contribution < -0.4 is 5.14 Å². The second kappa shape index (κ2) is 3.58. The molecule has 78 valence electrons. The van der Waals surface area contributed by atoms with Crippen molar-refractivity contribution in [3.63, 3.8) is 0 Å². The molecule has 0 spiro atoms. The van der Waals surface area contributed by atoms with Crippen molar-refractivity contribution in [3.05, 3.63) is 35.4 Å². The van der Waals surface area contributed by atoms with Crippen molar-refractivity contribution >= 4 is 10.0 Å². The SMILES string of the molecule is NS(=O)(=O)C(F)c1cccc(F)c1F. The number of alkyl halides is 1. The summed E-state index contributed by atoms with van der Waals surface area (Å²) in [6.07, 6.45) is 0. The third-order valence-corrected chi connectivity index (χ3v) is 2.35. The Balaban J connectivity index is 3.28. The van der Waals surface area contributed by atoms with Crippen molar-refractivity contribution in [2.75, 3.05) is 0 Å². The zero-order chi connectivity index (χ0) is 10.9. The van der Waals surface area contributed by atoms with Crippen LogP contribution >= 0.6 is 0 Å². The summed E-state index contributed by atoms with van der Waals surface area (Å²) in [5, 5.41) is 4.44. The fraction of sp³-hybridized carbons (Fsp3) is 0.143. The van der Waals surface area contributed by atoms with E-state index in [1.807, 2.05) is 0 Å². The monoisotopic (exact) mass is 225 g/mol. The number of rotatable bonds is 2. The number of primary sulfonamides is 1. The van der Waals surface area contributed by atoms with Gasteiger partial charge in [0.1, 0.15) is 0 Å². The van der Waals surface area contributed by atoms with Crippen molar-refractivity contribution in [2.24, 2.45) is 5.14 Å². The van der Waals surface area contributed by atoms with Gasteiger partial charge in [-0.1, -0.05) is 12.1 Å². The van der Waals surface area contributed by atoms with Crippen molar-refractivity contribution in [2.45, 2.75) is 5.50 Å². The van der Waals surface area contributed by atoms with E-state index < -0.39 is 32.7 Å². The second-order valence-corrected chi connectivity index (χ2v) is 4.14. The molecular formula is C7H6F3NO2S. The molecule has 0 saturated carbocycles. The Morgan fingerprint density at radius 1 is 1.29 bits per heavy atom. The van der Waals surface area contributed by atoms with Crippen LogP contribution in [0, 0.1) is 11.6 Å². The van der Waals surface area contributed by atoms with Crippen LogP contribution in [0.2, 0.25) is 0 Å². The Labute approximate surface area is 78.4 Å². The van der Waals surface area contributed by atoms with Crippen molar-refractivity contribution in [3.8, 4) is 0 Å². The van der Waals surface area contributed by atoms with E-state index in [-0.39, 0.29) is 0 Å². The number of halogens is 3. The molecular weight excluding hydrogens is 219 g/mol. The molecule has 1 aromatic rings. The molecule has 0 aromatic heterocycles. The topological polar surface area (TPSA) is 60.2 Å². The van der Waals surface area contributed by atoms with Gasteiger partial charge in [-0.2, -0.15) is 0 Å². The minimum Gasteiger partial charge on any atom is -0.226 e. The van der Waals surface area contributed by atoms with E-state index in [4.69, 9.17) is 0 Å². The average Bonchev–Trinajstić information content (AvgIpc) is 2.07. The number of nitrogens with two attached hydrogens (primary N) is 1. The maximum absolute atomic E-state index is 13.0. The number of benzene rings is 1. The third kappa shape index (κ3) is 2.05. The lowest BCUT2D eigenvalue weighted by Crippen LogP contribution is -2.19. The van der Waals surface area contributed by atoms with Crippen molar-refractivity contribution in [1.29, 1.82) is 0 Å². The van der Waals surface area contributed by atoms with Gasteiger partial charge < -0.3 is 0 Å². The fourth-order valence-electron chi connectivity index (χ4n) is 0.873. The maximum atomic E-state index is 13.0. The number of hydrogen-bond donors (Lipinski definition) is 1. The average molecular weight is 225 g/mol. The van der Waals surface area contributed by atoms with E-state index in [2.05, 4.69) is 5.14 Å². The number of sulfonamides is 1. The Hall–Kier alpha value is -1.08. The molecule has 0 fully saturated rings. The minimum absolute atomic E-state index is 0.745. The van der Waals surface area contributed by atoms with Crippen LogP contribution in [0.3, 0.4) is 0 Å². The van der Waals surface area contributed by atoms with Crippen LogP contribution in [-0.4, -0.2) is 8.42 Å². The Kier molecular flexibility index (Phi) is 2.81. The van der Waals surface area contributed by atoms with Gasteiger partial charge in [-0.3, -0.25) is 0 Å². The van der Waals surface area contributed by atoms with Crippen molar-refractivity contribution < 1.29 is 21.6 Å². The van der Waals surface area contributed by atoms with E-state index >= 15 is 0 Å². The van der Waals surface area contributed by atoms with Crippen LogP contribution in [0.1, 0.15) is 11.1 Å². The van der Waals surface area contributed by atoms with E-state index in [0.717, 1.165) is 18.2 Å². The molecule has 0 aliphatic carbocycles. The molecule has 2 N–H and O–H groups in total. The first-order chi connectivity index (χ1) is 6.34. The van der Waals surface area contributed by atoms with Gasteiger partial charge in [-0.05, 0) is 6.07 Å². The molecule has 0 bridgehead atoms. The molecule has 0 aliphatic rings. The van der Waals surface area contributed by atoms with Crippen LogP contribution in [0.15, 0.2) is 18.2 Å². The molecule has 1 unspecified atom stereocenters. The van der Waals surface area contributed by atoms with Gasteiger partial charge in [-0.15, -0.1) is 0 Å². The van der Waals surface area contributed by atoms with Crippen LogP contribution in [0.5, 0.6) is 0 Å². The summed E-state index contributed by atoms with van der Waals surface area (Å²) in [4.78, 5) is 0. The quantitative estimate of drug-likeness (QED) is 0.822. The van der Waals surface area contributed by atoms with Gasteiger partial charge in [0.2, 0.25) is 15.5 Å². The predicted octanol–water partition coefficient (Wildman–Crippen LogP) is 1.22. The van der Waals surface area contributed by atoms with Crippen LogP contribution in [0.25, 0.3) is 0 Å². The lowest BCUT2D eigenvalue weighted by Gasteiger charge is -2.06. The molecule has 1 rings (SSSR count). The van der Waals surface area contributed by atoms with E-state index in [1.54, 1.807) is 0 Å². The summed E-state index contributed by atoms with van der Waals surface area (Å²) in [5.74, 6) is -2.87. The van der Waals surface area contributed by atoms with Crippen molar-refractivity contribution in [1.82, 2.24) is 0 Å². The standard InChI is InChI=1S/C7H6F3NO2S/c8-5-3-1-2-4(6(5)9)7(10)14(11,12)13/h1-3,7H,(H2,11,12,13). The van der Waals surface area contributed by atoms with Crippen LogP contribution in [0.4, 0.5) is 13.2 Å². The number of hydrogen-bond acceptors (Lipinski definition) is 2. The Morgan fingerprint density at radius 2 is 1.86 bits per heavy atom. The van der Waals surface area contributed by atoms with Gasteiger partial charge in [-0.25, -0.2) is 26.7 Å². The summed E-state index contributed by atoms with van der Waals surface area (Å²) in [6.45, 7) is 0. The third-order valence-electron chi connectivity index (χ3n) is 1.51. The molecule has 3 nitrogen and oxygen atoms in total. The smallest absolute Gasteiger partial charge is 0.226 e. The van der Waals surface area contributed by atoms with Gasteiger partial charge in [0.25, 0.3) is 0 Å². The van der Waals surface area contributed by atoms with E-state index in [1.165, 1.54) is 0 Å². The van der Waals surface area contributed by atoms with Gasteiger partial charge >= 0.3 is 0 Å². The normalized spacial score (nSPS) is 14.0. The molecule has 0 heterocycles. The van der Waals surface area contributed by atoms with E-state index in [0.29, 0.717) is 0 Å². The zero-order valence-corrected chi connectivity index (χ0v) is 7.56. The lowest BCUT2D eigenvalue weighted by molar-refractivity contribution is 0.406. The molecule has 1 atom stereocenters. The Bertz CT molecular complexity index is 446. The molecule has 7 heteroatoms.